The summed E-state index contributed by atoms with van der Waals surface area (Å²) in [5.41, 5.74) is -3.10. The Hall–Kier alpha value is -2.85. The lowest BCUT2D eigenvalue weighted by Gasteiger charge is -2.33. The van der Waals surface area contributed by atoms with E-state index in [9.17, 15) is 24.0 Å². The van der Waals surface area contributed by atoms with E-state index in [0.717, 1.165) is 0 Å². The zero-order chi connectivity index (χ0) is 25.5. The molecular weight excluding hydrogens is 426 g/mol. The fraction of sp³-hybridized carbons (Fsp3) is 0.762. The summed E-state index contributed by atoms with van der Waals surface area (Å²) in [6.07, 6.45) is -4.67. The van der Waals surface area contributed by atoms with E-state index in [-0.39, 0.29) is 6.61 Å². The smallest absolute Gasteiger partial charge is 0.458 e. The molecule has 11 nitrogen and oxygen atoms in total. The van der Waals surface area contributed by atoms with Crippen molar-refractivity contribution >= 4 is 30.3 Å². The van der Waals surface area contributed by atoms with E-state index in [1.54, 1.807) is 62.3 Å². The molecule has 0 aliphatic heterocycles. The lowest BCUT2D eigenvalue weighted by Crippen LogP contribution is -2.54. The molecule has 0 aliphatic carbocycles. The molecule has 0 spiro atoms. The van der Waals surface area contributed by atoms with E-state index in [4.69, 9.17) is 14.2 Å². The molecule has 0 rings (SSSR count). The highest BCUT2D eigenvalue weighted by atomic mass is 16.7. The third kappa shape index (κ3) is 12.1. The van der Waals surface area contributed by atoms with Gasteiger partial charge in [-0.05, 0) is 69.2 Å². The molecule has 0 aromatic rings. The summed E-state index contributed by atoms with van der Waals surface area (Å²) in [6, 6.07) is -1.83. The molecule has 32 heavy (non-hydrogen) atoms. The fourth-order valence-corrected chi connectivity index (χ4v) is 2.04. The molecule has 0 aromatic heterocycles. The van der Waals surface area contributed by atoms with Gasteiger partial charge in [0.2, 0.25) is 0 Å². The molecule has 1 atom stereocenters. The SMILES string of the molecule is CCOC(=O)OC(=O)C[C@@H](C(=O)OC(C)(C)C)N(C(=O)OC(C)(C)C)C(=O)OC(C)(C)C. The van der Waals surface area contributed by atoms with Crippen molar-refractivity contribution in [2.24, 2.45) is 0 Å². The Morgan fingerprint density at radius 1 is 0.719 bits per heavy atom. The highest BCUT2D eigenvalue weighted by Crippen LogP contribution is 2.21. The normalized spacial score (nSPS) is 12.8. The maximum Gasteiger partial charge on any atom is 0.516 e. The van der Waals surface area contributed by atoms with Gasteiger partial charge in [0.1, 0.15) is 16.8 Å². The van der Waals surface area contributed by atoms with Crippen LogP contribution in [0.1, 0.15) is 75.7 Å². The number of hydrogen-bond acceptors (Lipinski definition) is 10. The Balaban J connectivity index is 6.19. The molecule has 184 valence electrons. The third-order valence-electron chi connectivity index (χ3n) is 2.99. The molecule has 0 N–H and O–H groups in total. The minimum absolute atomic E-state index is 0.0520. The summed E-state index contributed by atoms with van der Waals surface area (Å²) in [7, 11) is 0. The first-order chi connectivity index (χ1) is 14.3. The van der Waals surface area contributed by atoms with E-state index in [1.165, 1.54) is 6.92 Å². The second-order valence-corrected chi connectivity index (χ2v) is 9.74. The van der Waals surface area contributed by atoms with E-state index in [2.05, 4.69) is 9.47 Å². The summed E-state index contributed by atoms with van der Waals surface area (Å²) in [6.45, 7) is 15.4. The molecule has 2 amide bonds. The zero-order valence-corrected chi connectivity index (χ0v) is 20.5. The Morgan fingerprint density at radius 2 is 1.12 bits per heavy atom. The topological polar surface area (TPSA) is 135 Å². The number of carbonyl (C=O) groups is 5. The van der Waals surface area contributed by atoms with Gasteiger partial charge in [0.15, 0.2) is 6.04 Å². The second kappa shape index (κ2) is 11.1. The van der Waals surface area contributed by atoms with Gasteiger partial charge in [-0.25, -0.2) is 19.2 Å². The van der Waals surface area contributed by atoms with Crippen molar-refractivity contribution in [3.63, 3.8) is 0 Å². The maximum atomic E-state index is 12.9. The van der Waals surface area contributed by atoms with Gasteiger partial charge in [-0.1, -0.05) is 0 Å². The van der Waals surface area contributed by atoms with Crippen molar-refractivity contribution in [2.75, 3.05) is 6.61 Å². The number of carbonyl (C=O) groups excluding carboxylic acids is 5. The Bertz CT molecular complexity index is 682. The zero-order valence-electron chi connectivity index (χ0n) is 20.5. The van der Waals surface area contributed by atoms with Crippen molar-refractivity contribution in [1.82, 2.24) is 4.90 Å². The Morgan fingerprint density at radius 3 is 1.47 bits per heavy atom. The average molecular weight is 462 g/mol. The first-order valence-corrected chi connectivity index (χ1v) is 10.1. The van der Waals surface area contributed by atoms with E-state index < -0.39 is 59.5 Å². The molecule has 0 heterocycles. The van der Waals surface area contributed by atoms with Gasteiger partial charge in [0.05, 0.1) is 13.0 Å². The number of amides is 2. The van der Waals surface area contributed by atoms with E-state index in [0.29, 0.717) is 4.90 Å². The van der Waals surface area contributed by atoms with E-state index in [1.807, 2.05) is 0 Å². The molecule has 0 unspecified atom stereocenters. The van der Waals surface area contributed by atoms with Crippen LogP contribution in [0.25, 0.3) is 0 Å². The van der Waals surface area contributed by atoms with Crippen molar-refractivity contribution in [2.45, 2.75) is 98.5 Å². The standard InChI is InChI=1S/C21H35NO10/c1-11-28-18(27)29-14(23)12-13(15(24)30-19(2,3)4)22(16(25)31-20(5,6)7)17(26)32-21(8,9)10/h13H,11-12H2,1-10H3/t13-/m0/s1. The predicted octanol–water partition coefficient (Wildman–Crippen LogP) is 3.96. The van der Waals surface area contributed by atoms with Crippen LogP contribution >= 0.6 is 0 Å². The molecule has 11 heteroatoms. The van der Waals surface area contributed by atoms with Gasteiger partial charge in [-0.2, -0.15) is 4.90 Å². The van der Waals surface area contributed by atoms with Gasteiger partial charge < -0.3 is 23.7 Å². The third-order valence-corrected chi connectivity index (χ3v) is 2.99. The minimum Gasteiger partial charge on any atom is -0.458 e. The molecular formula is C21H35NO10. The van der Waals surface area contributed by atoms with Crippen molar-refractivity contribution < 1.29 is 47.7 Å². The van der Waals surface area contributed by atoms with Crippen LogP contribution in [0.15, 0.2) is 0 Å². The van der Waals surface area contributed by atoms with Gasteiger partial charge in [-0.3, -0.25) is 4.79 Å². The molecule has 0 saturated carbocycles. The fourth-order valence-electron chi connectivity index (χ4n) is 2.04. The number of imide groups is 1. The van der Waals surface area contributed by atoms with Crippen molar-refractivity contribution in [1.29, 1.82) is 0 Å². The predicted molar refractivity (Wildman–Crippen MR) is 112 cm³/mol. The quantitative estimate of drug-likeness (QED) is 0.336. The van der Waals surface area contributed by atoms with Crippen LogP contribution in [0, 0.1) is 0 Å². The number of rotatable bonds is 5. The van der Waals surface area contributed by atoms with Gasteiger partial charge in [0, 0.05) is 0 Å². The average Bonchev–Trinajstić information content (AvgIpc) is 2.48. The van der Waals surface area contributed by atoms with Crippen LogP contribution in [-0.4, -0.2) is 64.6 Å². The van der Waals surface area contributed by atoms with Gasteiger partial charge in [-0.15, -0.1) is 0 Å². The Kier molecular flexibility index (Phi) is 10.2. The van der Waals surface area contributed by atoms with Crippen LogP contribution in [0.3, 0.4) is 0 Å². The molecule has 0 radical (unpaired) electrons. The lowest BCUT2D eigenvalue weighted by molar-refractivity contribution is -0.164. The molecule has 0 saturated heterocycles. The monoisotopic (exact) mass is 461 g/mol. The van der Waals surface area contributed by atoms with Crippen LogP contribution in [0.4, 0.5) is 14.4 Å². The molecule has 0 bridgehead atoms. The summed E-state index contributed by atoms with van der Waals surface area (Å²) < 4.78 is 24.7. The largest absolute Gasteiger partial charge is 0.516 e. The second-order valence-electron chi connectivity index (χ2n) is 9.74. The summed E-state index contributed by atoms with van der Waals surface area (Å²) >= 11 is 0. The maximum absolute atomic E-state index is 12.9. The van der Waals surface area contributed by atoms with Gasteiger partial charge >= 0.3 is 30.3 Å². The van der Waals surface area contributed by atoms with E-state index >= 15 is 0 Å². The first kappa shape index (κ1) is 29.1. The minimum atomic E-state index is -1.83. The van der Waals surface area contributed by atoms with Gasteiger partial charge in [0.25, 0.3) is 0 Å². The summed E-state index contributed by atoms with van der Waals surface area (Å²) in [5, 5.41) is 0. The highest BCUT2D eigenvalue weighted by Gasteiger charge is 2.43. The summed E-state index contributed by atoms with van der Waals surface area (Å²) in [5.74, 6) is -2.33. The number of esters is 2. The molecule has 0 aromatic carbocycles. The number of nitrogens with zero attached hydrogens (tertiary/aromatic N) is 1. The Labute approximate surface area is 188 Å². The van der Waals surface area contributed by atoms with Crippen LogP contribution in [-0.2, 0) is 33.3 Å². The van der Waals surface area contributed by atoms with Crippen molar-refractivity contribution in [3.05, 3.63) is 0 Å². The van der Waals surface area contributed by atoms with Crippen LogP contribution in [0.2, 0.25) is 0 Å². The summed E-state index contributed by atoms with van der Waals surface area (Å²) in [4.78, 5) is 62.7. The number of hydrogen-bond donors (Lipinski definition) is 0. The van der Waals surface area contributed by atoms with Crippen molar-refractivity contribution in [3.8, 4) is 0 Å². The molecule has 0 aliphatic rings. The molecule has 0 fully saturated rings. The first-order valence-electron chi connectivity index (χ1n) is 10.1. The van der Waals surface area contributed by atoms with Crippen LogP contribution < -0.4 is 0 Å². The lowest BCUT2D eigenvalue weighted by atomic mass is 10.1. The van der Waals surface area contributed by atoms with Crippen LogP contribution in [0.5, 0.6) is 0 Å². The number of ether oxygens (including phenoxy) is 5. The highest BCUT2D eigenvalue weighted by molar-refractivity contribution is 5.96.